The zero-order valence-corrected chi connectivity index (χ0v) is 12.2. The third-order valence-electron chi connectivity index (χ3n) is 3.05. The second-order valence-corrected chi connectivity index (χ2v) is 4.48. The summed E-state index contributed by atoms with van der Waals surface area (Å²) in [5.41, 5.74) is -1.49. The molecule has 19 heavy (non-hydrogen) atoms. The van der Waals surface area contributed by atoms with Crippen LogP contribution < -0.4 is 0 Å². The quantitative estimate of drug-likeness (QED) is 0.632. The van der Waals surface area contributed by atoms with Gasteiger partial charge in [-0.3, -0.25) is 9.59 Å². The van der Waals surface area contributed by atoms with Crippen molar-refractivity contribution in [1.82, 2.24) is 0 Å². The largest absolute Gasteiger partial charge is 0.466 e. The number of hydrogen-bond donors (Lipinski definition) is 0. The van der Waals surface area contributed by atoms with Crippen molar-refractivity contribution in [3.05, 3.63) is 0 Å². The lowest BCUT2D eigenvalue weighted by Crippen LogP contribution is -2.41. The summed E-state index contributed by atoms with van der Waals surface area (Å²) in [6.07, 6.45) is 2.07. The van der Waals surface area contributed by atoms with Gasteiger partial charge in [0.15, 0.2) is 5.41 Å². The summed E-state index contributed by atoms with van der Waals surface area (Å²) in [6, 6.07) is 1.94. The molecule has 0 amide bonds. The van der Waals surface area contributed by atoms with E-state index in [1.807, 2.05) is 13.0 Å². The zero-order valence-electron chi connectivity index (χ0n) is 12.2. The number of esters is 2. The van der Waals surface area contributed by atoms with Gasteiger partial charge in [-0.2, -0.15) is 5.26 Å². The number of unbranched alkanes of at least 4 members (excludes halogenated alkanes) is 1. The molecule has 0 rings (SSSR count). The van der Waals surface area contributed by atoms with E-state index in [-0.39, 0.29) is 13.2 Å². The molecule has 0 aromatic heterocycles. The first-order chi connectivity index (χ1) is 8.97. The van der Waals surface area contributed by atoms with Crippen LogP contribution in [0.25, 0.3) is 0 Å². The molecular formula is C14H23NO4. The van der Waals surface area contributed by atoms with Crippen molar-refractivity contribution in [3.63, 3.8) is 0 Å². The molecule has 0 aromatic carbocycles. The molecule has 0 aliphatic heterocycles. The van der Waals surface area contributed by atoms with E-state index in [0.717, 1.165) is 12.8 Å². The first-order valence-corrected chi connectivity index (χ1v) is 6.72. The summed E-state index contributed by atoms with van der Waals surface area (Å²) >= 11 is 0. The van der Waals surface area contributed by atoms with E-state index in [9.17, 15) is 14.9 Å². The maximum absolute atomic E-state index is 12.0. The van der Waals surface area contributed by atoms with Gasteiger partial charge in [-0.25, -0.2) is 0 Å². The Hall–Kier alpha value is -1.57. The van der Waals surface area contributed by atoms with Gasteiger partial charge in [0, 0.05) is 0 Å². The fourth-order valence-electron chi connectivity index (χ4n) is 1.84. The first kappa shape index (κ1) is 17.4. The van der Waals surface area contributed by atoms with E-state index >= 15 is 0 Å². The number of carbonyl (C=O) groups excluding carboxylic acids is 2. The zero-order chi connectivity index (χ0) is 14.9. The SMILES string of the molecule is CCCCC(C(=O)OCC)C(C)(C#N)C(=O)OCC. The first-order valence-electron chi connectivity index (χ1n) is 6.72. The van der Waals surface area contributed by atoms with Crippen LogP contribution in [0, 0.1) is 22.7 Å². The van der Waals surface area contributed by atoms with Crippen LogP contribution in [0.2, 0.25) is 0 Å². The molecule has 108 valence electrons. The van der Waals surface area contributed by atoms with Gasteiger partial charge in [0.1, 0.15) is 0 Å². The molecule has 0 aliphatic rings. The van der Waals surface area contributed by atoms with Crippen molar-refractivity contribution in [2.45, 2.75) is 47.0 Å². The van der Waals surface area contributed by atoms with Gasteiger partial charge in [-0.1, -0.05) is 19.8 Å². The third kappa shape index (κ3) is 4.55. The number of ether oxygens (including phenoxy) is 2. The fourth-order valence-corrected chi connectivity index (χ4v) is 1.84. The molecule has 0 N–H and O–H groups in total. The predicted molar refractivity (Wildman–Crippen MR) is 70.0 cm³/mol. The fraction of sp³-hybridized carbons (Fsp3) is 0.786. The smallest absolute Gasteiger partial charge is 0.327 e. The minimum absolute atomic E-state index is 0.180. The minimum atomic E-state index is -1.49. The average molecular weight is 269 g/mol. The van der Waals surface area contributed by atoms with E-state index in [1.165, 1.54) is 6.92 Å². The van der Waals surface area contributed by atoms with Gasteiger partial charge in [0.05, 0.1) is 25.2 Å². The van der Waals surface area contributed by atoms with E-state index < -0.39 is 23.3 Å². The molecule has 0 aromatic rings. The standard InChI is InChI=1S/C14H23NO4/c1-5-8-9-11(12(16)18-6-2)14(4,10-15)13(17)19-7-3/h11H,5-9H2,1-4H3. The van der Waals surface area contributed by atoms with Crippen LogP contribution in [-0.4, -0.2) is 25.2 Å². The van der Waals surface area contributed by atoms with Gasteiger partial charge < -0.3 is 9.47 Å². The van der Waals surface area contributed by atoms with Crippen LogP contribution in [0.15, 0.2) is 0 Å². The molecule has 0 aliphatic carbocycles. The second-order valence-electron chi connectivity index (χ2n) is 4.48. The van der Waals surface area contributed by atoms with Crippen molar-refractivity contribution in [1.29, 1.82) is 5.26 Å². The lowest BCUT2D eigenvalue weighted by molar-refractivity contribution is -0.164. The Morgan fingerprint density at radius 1 is 1.21 bits per heavy atom. The van der Waals surface area contributed by atoms with E-state index in [0.29, 0.717) is 6.42 Å². The maximum Gasteiger partial charge on any atom is 0.327 e. The Labute approximate surface area is 114 Å². The topological polar surface area (TPSA) is 76.4 Å². The van der Waals surface area contributed by atoms with Crippen molar-refractivity contribution in [2.75, 3.05) is 13.2 Å². The van der Waals surface area contributed by atoms with Gasteiger partial charge in [0.25, 0.3) is 0 Å². The molecule has 5 nitrogen and oxygen atoms in total. The van der Waals surface area contributed by atoms with Gasteiger partial charge in [-0.05, 0) is 27.2 Å². The average Bonchev–Trinajstić information content (AvgIpc) is 2.39. The van der Waals surface area contributed by atoms with Crippen molar-refractivity contribution >= 4 is 11.9 Å². The summed E-state index contributed by atoms with van der Waals surface area (Å²) < 4.78 is 9.90. The second kappa shape index (κ2) is 8.52. The maximum atomic E-state index is 12.0. The molecule has 0 heterocycles. The van der Waals surface area contributed by atoms with E-state index in [1.54, 1.807) is 13.8 Å². The summed E-state index contributed by atoms with van der Waals surface area (Å²) in [5, 5.41) is 9.31. The third-order valence-corrected chi connectivity index (χ3v) is 3.05. The highest BCUT2D eigenvalue weighted by Crippen LogP contribution is 2.33. The Kier molecular flexibility index (Phi) is 7.81. The van der Waals surface area contributed by atoms with Crippen molar-refractivity contribution < 1.29 is 19.1 Å². The Morgan fingerprint density at radius 3 is 2.21 bits per heavy atom. The Morgan fingerprint density at radius 2 is 1.79 bits per heavy atom. The number of hydrogen-bond acceptors (Lipinski definition) is 5. The monoisotopic (exact) mass is 269 g/mol. The normalized spacial score (nSPS) is 14.9. The molecule has 2 atom stereocenters. The van der Waals surface area contributed by atoms with Crippen LogP contribution in [0.3, 0.4) is 0 Å². The Bertz CT molecular complexity index is 348. The minimum Gasteiger partial charge on any atom is -0.466 e. The summed E-state index contributed by atoms with van der Waals surface area (Å²) in [7, 11) is 0. The van der Waals surface area contributed by atoms with E-state index in [4.69, 9.17) is 9.47 Å². The van der Waals surface area contributed by atoms with Crippen LogP contribution in [0.5, 0.6) is 0 Å². The van der Waals surface area contributed by atoms with Crippen LogP contribution in [0.4, 0.5) is 0 Å². The molecule has 0 saturated heterocycles. The molecule has 0 saturated carbocycles. The summed E-state index contributed by atoms with van der Waals surface area (Å²) in [5.74, 6) is -1.95. The lowest BCUT2D eigenvalue weighted by Gasteiger charge is -2.27. The highest BCUT2D eigenvalue weighted by molar-refractivity contribution is 5.87. The van der Waals surface area contributed by atoms with Crippen molar-refractivity contribution in [3.8, 4) is 6.07 Å². The molecule has 2 unspecified atom stereocenters. The van der Waals surface area contributed by atoms with Crippen LogP contribution in [0.1, 0.15) is 47.0 Å². The van der Waals surface area contributed by atoms with Gasteiger partial charge >= 0.3 is 11.9 Å². The van der Waals surface area contributed by atoms with Gasteiger partial charge in [-0.15, -0.1) is 0 Å². The highest BCUT2D eigenvalue weighted by Gasteiger charge is 2.47. The highest BCUT2D eigenvalue weighted by atomic mass is 16.5. The molecule has 0 fully saturated rings. The van der Waals surface area contributed by atoms with Gasteiger partial charge in [0.2, 0.25) is 0 Å². The number of nitrogens with zero attached hydrogens (tertiary/aromatic N) is 1. The molecule has 5 heteroatoms. The van der Waals surface area contributed by atoms with Crippen LogP contribution in [-0.2, 0) is 19.1 Å². The number of carbonyl (C=O) groups is 2. The molecular weight excluding hydrogens is 246 g/mol. The Balaban J connectivity index is 5.21. The number of rotatable bonds is 8. The van der Waals surface area contributed by atoms with E-state index in [2.05, 4.69) is 0 Å². The lowest BCUT2D eigenvalue weighted by atomic mass is 9.75. The molecule has 0 spiro atoms. The summed E-state index contributed by atoms with van der Waals surface area (Å²) in [4.78, 5) is 23.9. The summed E-state index contributed by atoms with van der Waals surface area (Å²) in [6.45, 7) is 7.20. The van der Waals surface area contributed by atoms with Crippen molar-refractivity contribution in [2.24, 2.45) is 11.3 Å². The molecule has 0 bridgehead atoms. The number of nitriles is 1. The predicted octanol–water partition coefficient (Wildman–Crippen LogP) is 2.45. The van der Waals surface area contributed by atoms with Crippen LogP contribution >= 0.6 is 0 Å². The molecule has 0 radical (unpaired) electrons.